The highest BCUT2D eigenvalue weighted by Crippen LogP contribution is 2.24. The van der Waals surface area contributed by atoms with Gasteiger partial charge < -0.3 is 5.32 Å². The molecule has 0 unspecified atom stereocenters. The lowest BCUT2D eigenvalue weighted by Gasteiger charge is -2.10. The number of anilines is 1. The van der Waals surface area contributed by atoms with E-state index >= 15 is 0 Å². The Balaban J connectivity index is 2.10. The molecule has 2 rings (SSSR count). The number of nitrogens with one attached hydrogen (secondary N) is 1. The topological polar surface area (TPSA) is 12.0 Å². The molecule has 2 aromatic carbocycles. The van der Waals surface area contributed by atoms with E-state index in [1.807, 2.05) is 0 Å². The van der Waals surface area contributed by atoms with Crippen LogP contribution in [0.2, 0.25) is 0 Å². The third-order valence-electron chi connectivity index (χ3n) is 2.61. The van der Waals surface area contributed by atoms with Crippen LogP contribution in [0.4, 0.5) is 18.9 Å². The molecule has 0 saturated carbocycles. The summed E-state index contributed by atoms with van der Waals surface area (Å²) in [6, 6.07) is 10.4. The number of halogens is 4. The van der Waals surface area contributed by atoms with Gasteiger partial charge in [-0.25, -0.2) is 13.2 Å². The van der Waals surface area contributed by atoms with Gasteiger partial charge in [0.05, 0.1) is 5.69 Å². The number of hydrogen-bond donors (Lipinski definition) is 1. The Morgan fingerprint density at radius 1 is 1.11 bits per heavy atom. The van der Waals surface area contributed by atoms with E-state index in [0.717, 1.165) is 4.47 Å². The maximum atomic E-state index is 13.1. The zero-order valence-electron chi connectivity index (χ0n) is 9.84. The Labute approximate surface area is 117 Å². The van der Waals surface area contributed by atoms with Crippen molar-refractivity contribution in [2.75, 3.05) is 5.32 Å². The van der Waals surface area contributed by atoms with Crippen molar-refractivity contribution in [1.82, 2.24) is 0 Å². The summed E-state index contributed by atoms with van der Waals surface area (Å²) in [6.07, 6.45) is -2.49. The van der Waals surface area contributed by atoms with Crippen LogP contribution in [0.3, 0.4) is 0 Å². The van der Waals surface area contributed by atoms with E-state index in [9.17, 15) is 13.2 Å². The SMILES string of the molecule is Fc1ccc(Br)c(NCc2cccc(C(F)F)c2)c1. The van der Waals surface area contributed by atoms with Gasteiger partial charge in [-0.15, -0.1) is 0 Å². The molecule has 0 saturated heterocycles. The first-order valence-corrected chi connectivity index (χ1v) is 6.41. The van der Waals surface area contributed by atoms with Crippen LogP contribution in [0, 0.1) is 5.82 Å². The minimum atomic E-state index is -2.49. The lowest BCUT2D eigenvalue weighted by Crippen LogP contribution is -2.01. The van der Waals surface area contributed by atoms with Gasteiger partial charge in [-0.2, -0.15) is 0 Å². The molecule has 0 aliphatic heterocycles. The number of rotatable bonds is 4. The minimum absolute atomic E-state index is 0.0161. The Kier molecular flexibility index (Phi) is 4.47. The van der Waals surface area contributed by atoms with Gasteiger partial charge in [0.25, 0.3) is 6.43 Å². The highest BCUT2D eigenvalue weighted by atomic mass is 79.9. The van der Waals surface area contributed by atoms with Crippen molar-refractivity contribution in [3.05, 3.63) is 63.9 Å². The number of alkyl halides is 2. The van der Waals surface area contributed by atoms with Crippen LogP contribution in [0.25, 0.3) is 0 Å². The van der Waals surface area contributed by atoms with Gasteiger partial charge >= 0.3 is 0 Å². The normalized spacial score (nSPS) is 10.8. The van der Waals surface area contributed by atoms with Gasteiger partial charge in [-0.1, -0.05) is 18.2 Å². The predicted molar refractivity (Wildman–Crippen MR) is 72.8 cm³/mol. The second-order valence-electron chi connectivity index (χ2n) is 4.02. The number of hydrogen-bond acceptors (Lipinski definition) is 1. The quantitative estimate of drug-likeness (QED) is 0.819. The molecule has 2 aromatic rings. The molecule has 0 atom stereocenters. The van der Waals surface area contributed by atoms with Crippen LogP contribution in [0.1, 0.15) is 17.6 Å². The van der Waals surface area contributed by atoms with Gasteiger partial charge in [-0.05, 0) is 45.8 Å². The smallest absolute Gasteiger partial charge is 0.263 e. The first kappa shape index (κ1) is 13.9. The van der Waals surface area contributed by atoms with Gasteiger partial charge in [0.2, 0.25) is 0 Å². The zero-order chi connectivity index (χ0) is 13.8. The highest BCUT2D eigenvalue weighted by Gasteiger charge is 2.07. The molecular weight excluding hydrogens is 319 g/mol. The molecule has 0 heterocycles. The lowest BCUT2D eigenvalue weighted by atomic mass is 10.1. The highest BCUT2D eigenvalue weighted by molar-refractivity contribution is 9.10. The number of benzene rings is 2. The Bertz CT molecular complexity index is 572. The van der Waals surface area contributed by atoms with Gasteiger partial charge in [0.1, 0.15) is 5.82 Å². The molecule has 1 N–H and O–H groups in total. The Morgan fingerprint density at radius 3 is 2.63 bits per heavy atom. The third-order valence-corrected chi connectivity index (χ3v) is 3.31. The average Bonchev–Trinajstić information content (AvgIpc) is 2.40. The fraction of sp³-hybridized carbons (Fsp3) is 0.143. The van der Waals surface area contributed by atoms with Crippen molar-refractivity contribution in [3.63, 3.8) is 0 Å². The molecule has 0 aliphatic carbocycles. The molecule has 0 bridgehead atoms. The van der Waals surface area contributed by atoms with Gasteiger partial charge in [0, 0.05) is 16.6 Å². The Hall–Kier alpha value is -1.49. The molecule has 0 aromatic heterocycles. The van der Waals surface area contributed by atoms with Crippen molar-refractivity contribution in [3.8, 4) is 0 Å². The average molecular weight is 330 g/mol. The summed E-state index contributed by atoms with van der Waals surface area (Å²) in [4.78, 5) is 0. The first-order chi connectivity index (χ1) is 9.06. The van der Waals surface area contributed by atoms with Crippen LogP contribution in [0.5, 0.6) is 0 Å². The van der Waals surface area contributed by atoms with Crippen molar-refractivity contribution < 1.29 is 13.2 Å². The zero-order valence-corrected chi connectivity index (χ0v) is 11.4. The maximum Gasteiger partial charge on any atom is 0.263 e. The Morgan fingerprint density at radius 2 is 1.89 bits per heavy atom. The molecule has 0 aliphatic rings. The van der Waals surface area contributed by atoms with Gasteiger partial charge in [0.15, 0.2) is 0 Å². The van der Waals surface area contributed by atoms with E-state index in [0.29, 0.717) is 17.8 Å². The summed E-state index contributed by atoms with van der Waals surface area (Å²) in [5.41, 5.74) is 1.29. The second-order valence-corrected chi connectivity index (χ2v) is 4.88. The van der Waals surface area contributed by atoms with Crippen LogP contribution >= 0.6 is 15.9 Å². The van der Waals surface area contributed by atoms with E-state index < -0.39 is 6.43 Å². The monoisotopic (exact) mass is 329 g/mol. The molecule has 0 fully saturated rings. The van der Waals surface area contributed by atoms with Crippen molar-refractivity contribution in [2.45, 2.75) is 13.0 Å². The molecule has 0 spiro atoms. The largest absolute Gasteiger partial charge is 0.380 e. The molecule has 1 nitrogen and oxygen atoms in total. The van der Waals surface area contributed by atoms with Crippen LogP contribution in [-0.2, 0) is 6.54 Å². The van der Waals surface area contributed by atoms with Gasteiger partial charge in [-0.3, -0.25) is 0 Å². The molecule has 0 radical (unpaired) electrons. The second kappa shape index (κ2) is 6.10. The van der Waals surface area contributed by atoms with Crippen LogP contribution < -0.4 is 5.32 Å². The van der Waals surface area contributed by atoms with Crippen LogP contribution in [-0.4, -0.2) is 0 Å². The summed E-state index contributed by atoms with van der Waals surface area (Å²) in [5.74, 6) is -0.355. The van der Waals surface area contributed by atoms with E-state index in [1.54, 1.807) is 18.2 Å². The standard InChI is InChI=1S/C14H11BrF3N/c15-12-5-4-11(16)7-13(12)19-8-9-2-1-3-10(6-9)14(17)18/h1-7,14,19H,8H2. The minimum Gasteiger partial charge on any atom is -0.380 e. The van der Waals surface area contributed by atoms with Crippen molar-refractivity contribution in [2.24, 2.45) is 0 Å². The van der Waals surface area contributed by atoms with E-state index in [-0.39, 0.29) is 11.4 Å². The summed E-state index contributed by atoms with van der Waals surface area (Å²) < 4.78 is 38.9. The van der Waals surface area contributed by atoms with Crippen molar-refractivity contribution >= 4 is 21.6 Å². The third kappa shape index (κ3) is 3.73. The summed E-state index contributed by atoms with van der Waals surface area (Å²) >= 11 is 3.29. The lowest BCUT2D eigenvalue weighted by molar-refractivity contribution is 0.151. The van der Waals surface area contributed by atoms with Crippen molar-refractivity contribution in [1.29, 1.82) is 0 Å². The van der Waals surface area contributed by atoms with E-state index in [4.69, 9.17) is 0 Å². The van der Waals surface area contributed by atoms with E-state index in [2.05, 4.69) is 21.2 Å². The van der Waals surface area contributed by atoms with Crippen LogP contribution in [0.15, 0.2) is 46.9 Å². The fourth-order valence-corrected chi connectivity index (χ4v) is 2.06. The molecule has 100 valence electrons. The maximum absolute atomic E-state index is 13.1. The molecular formula is C14H11BrF3N. The van der Waals surface area contributed by atoms with E-state index in [1.165, 1.54) is 24.3 Å². The fourth-order valence-electron chi connectivity index (χ4n) is 1.67. The molecule has 19 heavy (non-hydrogen) atoms. The molecule has 0 amide bonds. The summed E-state index contributed by atoms with van der Waals surface area (Å²) in [5, 5.41) is 3.00. The predicted octanol–water partition coefficient (Wildman–Crippen LogP) is 5.14. The summed E-state index contributed by atoms with van der Waals surface area (Å²) in [6.45, 7) is 0.350. The molecule has 5 heteroatoms. The summed E-state index contributed by atoms with van der Waals surface area (Å²) in [7, 11) is 0. The first-order valence-electron chi connectivity index (χ1n) is 5.62.